The van der Waals surface area contributed by atoms with E-state index in [1.807, 2.05) is 6.92 Å². The van der Waals surface area contributed by atoms with Crippen LogP contribution in [0.2, 0.25) is 0 Å². The maximum atomic E-state index is 12.1. The molecule has 0 saturated heterocycles. The van der Waals surface area contributed by atoms with Gasteiger partial charge in [-0.1, -0.05) is 13.0 Å². The average molecular weight is 314 g/mol. The summed E-state index contributed by atoms with van der Waals surface area (Å²) in [6, 6.07) is 6.00. The fraction of sp³-hybridized carbons (Fsp3) is 0.500. The van der Waals surface area contributed by atoms with Gasteiger partial charge in [0.1, 0.15) is 0 Å². The molecule has 0 radical (unpaired) electrons. The number of ether oxygens (including phenoxy) is 1. The number of rotatable bonds is 9. The van der Waals surface area contributed by atoms with Crippen LogP contribution < -0.4 is 10.0 Å². The Kier molecular flexibility index (Phi) is 7.35. The lowest BCUT2D eigenvalue weighted by Gasteiger charge is -2.08. The SMILES string of the molecule is CCCNC(=O)c1cccc(S(=O)(=O)NCCCOC)c1. The number of carbonyl (C=O) groups is 1. The highest BCUT2D eigenvalue weighted by atomic mass is 32.2. The highest BCUT2D eigenvalue weighted by Crippen LogP contribution is 2.11. The van der Waals surface area contributed by atoms with Gasteiger partial charge in [-0.15, -0.1) is 0 Å². The molecule has 6 nitrogen and oxygen atoms in total. The topological polar surface area (TPSA) is 84.5 Å². The lowest BCUT2D eigenvalue weighted by atomic mass is 10.2. The van der Waals surface area contributed by atoms with E-state index in [-0.39, 0.29) is 10.8 Å². The summed E-state index contributed by atoms with van der Waals surface area (Å²) in [5, 5.41) is 2.72. The fourth-order valence-corrected chi connectivity index (χ4v) is 2.77. The van der Waals surface area contributed by atoms with Crippen molar-refractivity contribution in [3.63, 3.8) is 0 Å². The summed E-state index contributed by atoms with van der Waals surface area (Å²) in [5.74, 6) is -0.270. The minimum atomic E-state index is -3.60. The lowest BCUT2D eigenvalue weighted by Crippen LogP contribution is -2.27. The van der Waals surface area contributed by atoms with Crippen molar-refractivity contribution in [2.75, 3.05) is 26.8 Å². The molecule has 0 heterocycles. The predicted octanol–water partition coefficient (Wildman–Crippen LogP) is 1.14. The van der Waals surface area contributed by atoms with Crippen molar-refractivity contribution >= 4 is 15.9 Å². The number of methoxy groups -OCH3 is 1. The van der Waals surface area contributed by atoms with Gasteiger partial charge in [0.05, 0.1) is 4.90 Å². The Morgan fingerprint density at radius 3 is 2.71 bits per heavy atom. The third-order valence-corrected chi connectivity index (χ3v) is 4.22. The molecular formula is C14H22N2O4S. The van der Waals surface area contributed by atoms with E-state index in [1.165, 1.54) is 12.1 Å². The summed E-state index contributed by atoms with van der Waals surface area (Å²) >= 11 is 0. The summed E-state index contributed by atoms with van der Waals surface area (Å²) in [6.45, 7) is 3.29. The molecule has 7 heteroatoms. The Hall–Kier alpha value is -1.44. The second kappa shape index (κ2) is 8.76. The van der Waals surface area contributed by atoms with Crippen molar-refractivity contribution in [2.24, 2.45) is 0 Å². The van der Waals surface area contributed by atoms with Gasteiger partial charge in [0.25, 0.3) is 5.91 Å². The number of sulfonamides is 1. The smallest absolute Gasteiger partial charge is 0.251 e. The van der Waals surface area contributed by atoms with Gasteiger partial charge in [-0.3, -0.25) is 4.79 Å². The Morgan fingerprint density at radius 2 is 2.05 bits per heavy atom. The molecule has 0 bridgehead atoms. The first-order valence-corrected chi connectivity index (χ1v) is 8.36. The van der Waals surface area contributed by atoms with E-state index in [1.54, 1.807) is 19.2 Å². The number of hydrogen-bond donors (Lipinski definition) is 2. The molecule has 0 spiro atoms. The Morgan fingerprint density at radius 1 is 1.29 bits per heavy atom. The van der Waals surface area contributed by atoms with Crippen molar-refractivity contribution in [3.05, 3.63) is 29.8 Å². The average Bonchev–Trinajstić information content (AvgIpc) is 2.49. The Labute approximate surface area is 125 Å². The van der Waals surface area contributed by atoms with Gasteiger partial charge in [0.15, 0.2) is 0 Å². The number of nitrogens with one attached hydrogen (secondary N) is 2. The van der Waals surface area contributed by atoms with Crippen LogP contribution in [0.15, 0.2) is 29.2 Å². The van der Waals surface area contributed by atoms with Crippen LogP contribution in [0, 0.1) is 0 Å². The Bertz CT molecular complexity index is 558. The number of hydrogen-bond acceptors (Lipinski definition) is 4. The normalized spacial score (nSPS) is 11.3. The van der Waals surface area contributed by atoms with Gasteiger partial charge in [-0.05, 0) is 31.0 Å². The molecular weight excluding hydrogens is 292 g/mol. The minimum Gasteiger partial charge on any atom is -0.385 e. The van der Waals surface area contributed by atoms with E-state index in [4.69, 9.17) is 4.74 Å². The molecule has 0 aliphatic rings. The molecule has 0 aliphatic heterocycles. The molecule has 1 amide bonds. The van der Waals surface area contributed by atoms with E-state index in [0.29, 0.717) is 31.7 Å². The van der Waals surface area contributed by atoms with Crippen LogP contribution >= 0.6 is 0 Å². The van der Waals surface area contributed by atoms with E-state index >= 15 is 0 Å². The molecule has 118 valence electrons. The van der Waals surface area contributed by atoms with Crippen LogP contribution in [0.1, 0.15) is 30.1 Å². The monoisotopic (exact) mass is 314 g/mol. The summed E-state index contributed by atoms with van der Waals surface area (Å²) in [6.07, 6.45) is 1.41. The molecule has 1 rings (SSSR count). The van der Waals surface area contributed by atoms with Crippen molar-refractivity contribution < 1.29 is 17.9 Å². The zero-order valence-corrected chi connectivity index (χ0v) is 13.2. The summed E-state index contributed by atoms with van der Waals surface area (Å²) in [4.78, 5) is 11.9. The standard InChI is InChI=1S/C14H22N2O4S/c1-3-8-15-14(17)12-6-4-7-13(11-12)21(18,19)16-9-5-10-20-2/h4,6-7,11,16H,3,5,8-10H2,1-2H3,(H,15,17). The molecule has 0 unspecified atom stereocenters. The fourth-order valence-electron chi connectivity index (χ4n) is 1.65. The molecule has 0 saturated carbocycles. The summed E-state index contributed by atoms with van der Waals surface area (Å²) < 4.78 is 31.5. The lowest BCUT2D eigenvalue weighted by molar-refractivity contribution is 0.0953. The maximum absolute atomic E-state index is 12.1. The van der Waals surface area contributed by atoms with Crippen LogP contribution in [0.3, 0.4) is 0 Å². The summed E-state index contributed by atoms with van der Waals surface area (Å²) in [5.41, 5.74) is 0.336. The van der Waals surface area contributed by atoms with Crippen LogP contribution in [0.4, 0.5) is 0 Å². The third kappa shape index (κ3) is 5.82. The quantitative estimate of drug-likeness (QED) is 0.670. The van der Waals surface area contributed by atoms with E-state index < -0.39 is 10.0 Å². The van der Waals surface area contributed by atoms with Gasteiger partial charge in [-0.2, -0.15) is 0 Å². The molecule has 0 atom stereocenters. The minimum absolute atomic E-state index is 0.0871. The van der Waals surface area contributed by atoms with Crippen LogP contribution in [-0.2, 0) is 14.8 Å². The van der Waals surface area contributed by atoms with E-state index in [0.717, 1.165) is 6.42 Å². The van der Waals surface area contributed by atoms with Gasteiger partial charge in [0, 0.05) is 32.4 Å². The van der Waals surface area contributed by atoms with Gasteiger partial charge >= 0.3 is 0 Å². The van der Waals surface area contributed by atoms with Crippen molar-refractivity contribution in [2.45, 2.75) is 24.7 Å². The first kappa shape index (κ1) is 17.6. The molecule has 1 aromatic carbocycles. The second-order valence-electron chi connectivity index (χ2n) is 4.53. The predicted molar refractivity (Wildman–Crippen MR) is 80.7 cm³/mol. The highest BCUT2D eigenvalue weighted by molar-refractivity contribution is 7.89. The first-order chi connectivity index (χ1) is 10.0. The molecule has 2 N–H and O–H groups in total. The van der Waals surface area contributed by atoms with E-state index in [9.17, 15) is 13.2 Å². The van der Waals surface area contributed by atoms with Gasteiger partial charge < -0.3 is 10.1 Å². The zero-order chi connectivity index (χ0) is 15.7. The first-order valence-electron chi connectivity index (χ1n) is 6.88. The number of amides is 1. The van der Waals surface area contributed by atoms with Gasteiger partial charge in [-0.25, -0.2) is 13.1 Å². The van der Waals surface area contributed by atoms with Crippen molar-refractivity contribution in [1.29, 1.82) is 0 Å². The van der Waals surface area contributed by atoms with Crippen LogP contribution in [-0.4, -0.2) is 41.1 Å². The highest BCUT2D eigenvalue weighted by Gasteiger charge is 2.15. The molecule has 1 aromatic rings. The van der Waals surface area contributed by atoms with Crippen LogP contribution in [0.25, 0.3) is 0 Å². The van der Waals surface area contributed by atoms with Crippen molar-refractivity contribution in [3.8, 4) is 0 Å². The van der Waals surface area contributed by atoms with Gasteiger partial charge in [0.2, 0.25) is 10.0 Å². The number of carbonyl (C=O) groups excluding carboxylic acids is 1. The molecule has 0 fully saturated rings. The van der Waals surface area contributed by atoms with Crippen LogP contribution in [0.5, 0.6) is 0 Å². The third-order valence-electron chi connectivity index (χ3n) is 2.76. The van der Waals surface area contributed by atoms with E-state index in [2.05, 4.69) is 10.0 Å². The molecule has 0 aliphatic carbocycles. The zero-order valence-electron chi connectivity index (χ0n) is 12.4. The number of benzene rings is 1. The Balaban J connectivity index is 2.76. The second-order valence-corrected chi connectivity index (χ2v) is 6.29. The maximum Gasteiger partial charge on any atom is 0.251 e. The summed E-state index contributed by atoms with van der Waals surface area (Å²) in [7, 11) is -2.04. The molecule has 0 aromatic heterocycles. The molecule has 21 heavy (non-hydrogen) atoms. The largest absolute Gasteiger partial charge is 0.385 e. The van der Waals surface area contributed by atoms with Crippen molar-refractivity contribution in [1.82, 2.24) is 10.0 Å².